The van der Waals surface area contributed by atoms with Crippen molar-refractivity contribution in [3.05, 3.63) is 36.5 Å². The molecule has 0 aliphatic carbocycles. The summed E-state index contributed by atoms with van der Waals surface area (Å²) >= 11 is 1.47. The van der Waals surface area contributed by atoms with Crippen LogP contribution in [0.5, 0.6) is 0 Å². The molecule has 0 atom stereocenters. The Bertz CT molecular complexity index is 692. The molecule has 5 nitrogen and oxygen atoms in total. The molecule has 0 bridgehead atoms. The van der Waals surface area contributed by atoms with Gasteiger partial charge in [0.05, 0.1) is 0 Å². The first-order valence-corrected chi connectivity index (χ1v) is 6.62. The summed E-state index contributed by atoms with van der Waals surface area (Å²) in [7, 11) is 0. The minimum absolute atomic E-state index is 0.525. The molecule has 0 aliphatic rings. The van der Waals surface area contributed by atoms with Gasteiger partial charge in [-0.25, -0.2) is 4.98 Å². The molecule has 6 heteroatoms. The summed E-state index contributed by atoms with van der Waals surface area (Å²) in [6, 6.07) is 9.88. The van der Waals surface area contributed by atoms with E-state index in [0.717, 1.165) is 11.1 Å². The average molecular weight is 257 g/mol. The fourth-order valence-corrected chi connectivity index (χ4v) is 2.10. The van der Waals surface area contributed by atoms with Gasteiger partial charge in [-0.2, -0.15) is 9.50 Å². The lowest BCUT2D eigenvalue weighted by atomic mass is 10.1. The Balaban J connectivity index is 2.23. The normalized spacial score (nSPS) is 10.9. The van der Waals surface area contributed by atoms with Crippen molar-refractivity contribution in [2.24, 2.45) is 0 Å². The summed E-state index contributed by atoms with van der Waals surface area (Å²) in [5.41, 5.74) is 8.01. The number of aromatic nitrogens is 4. The highest BCUT2D eigenvalue weighted by Crippen LogP contribution is 2.25. The molecule has 1 aromatic carbocycles. The minimum Gasteiger partial charge on any atom is -0.383 e. The molecule has 3 rings (SSSR count). The van der Waals surface area contributed by atoms with Gasteiger partial charge in [0.1, 0.15) is 5.82 Å². The molecule has 0 saturated heterocycles. The maximum Gasteiger partial charge on any atom is 0.255 e. The first-order valence-electron chi connectivity index (χ1n) is 5.40. The van der Waals surface area contributed by atoms with Gasteiger partial charge in [-0.3, -0.25) is 0 Å². The van der Waals surface area contributed by atoms with Crippen LogP contribution in [0.2, 0.25) is 0 Å². The third-order valence-electron chi connectivity index (χ3n) is 2.65. The zero-order valence-electron chi connectivity index (χ0n) is 9.74. The number of thioether (sulfide) groups is 1. The average Bonchev–Trinajstić information content (AvgIpc) is 2.84. The van der Waals surface area contributed by atoms with Gasteiger partial charge in [0.25, 0.3) is 5.78 Å². The van der Waals surface area contributed by atoms with Crippen molar-refractivity contribution in [3.63, 3.8) is 0 Å². The monoisotopic (exact) mass is 257 g/mol. The van der Waals surface area contributed by atoms with Crippen LogP contribution >= 0.6 is 11.8 Å². The van der Waals surface area contributed by atoms with Crippen molar-refractivity contribution in [3.8, 4) is 11.1 Å². The molecular formula is C12H11N5S. The Hall–Kier alpha value is -2.08. The standard InChI is InChI=1S/C12H11N5S/c1-18-12-15-11-14-7-9(10(13)17(11)16-12)8-5-3-2-4-6-8/h2-7H,13H2,1H3. The van der Waals surface area contributed by atoms with Crippen molar-refractivity contribution in [2.75, 3.05) is 12.0 Å². The summed E-state index contributed by atoms with van der Waals surface area (Å²) in [6.07, 6.45) is 3.65. The third kappa shape index (κ3) is 1.70. The number of benzene rings is 1. The van der Waals surface area contributed by atoms with E-state index in [1.807, 2.05) is 36.6 Å². The Kier molecular flexibility index (Phi) is 2.64. The van der Waals surface area contributed by atoms with Crippen LogP contribution < -0.4 is 5.73 Å². The lowest BCUT2D eigenvalue weighted by molar-refractivity contribution is 0.891. The summed E-state index contributed by atoms with van der Waals surface area (Å²) in [6.45, 7) is 0. The van der Waals surface area contributed by atoms with E-state index in [1.165, 1.54) is 11.8 Å². The van der Waals surface area contributed by atoms with Crippen LogP contribution in [0.3, 0.4) is 0 Å². The molecule has 0 spiro atoms. The first-order chi connectivity index (χ1) is 8.79. The predicted octanol–water partition coefficient (Wildman–Crippen LogP) is 2.10. The van der Waals surface area contributed by atoms with Gasteiger partial charge >= 0.3 is 0 Å². The van der Waals surface area contributed by atoms with Crippen LogP contribution in [0.1, 0.15) is 0 Å². The molecule has 2 aromatic heterocycles. The van der Waals surface area contributed by atoms with Crippen LogP contribution in [0.4, 0.5) is 5.82 Å². The zero-order valence-corrected chi connectivity index (χ0v) is 10.6. The zero-order chi connectivity index (χ0) is 12.5. The van der Waals surface area contributed by atoms with Crippen LogP contribution in [-0.4, -0.2) is 25.8 Å². The Morgan fingerprint density at radius 3 is 2.72 bits per heavy atom. The van der Waals surface area contributed by atoms with Crippen LogP contribution in [-0.2, 0) is 0 Å². The highest BCUT2D eigenvalue weighted by atomic mass is 32.2. The van der Waals surface area contributed by atoms with Crippen LogP contribution in [0.25, 0.3) is 16.9 Å². The van der Waals surface area contributed by atoms with Gasteiger partial charge in [-0.1, -0.05) is 42.1 Å². The summed E-state index contributed by atoms with van der Waals surface area (Å²) in [5, 5.41) is 4.96. The number of hydrogen-bond acceptors (Lipinski definition) is 5. The number of nitrogen functional groups attached to an aromatic ring is 1. The molecule has 0 saturated carbocycles. The Morgan fingerprint density at radius 1 is 1.22 bits per heavy atom. The van der Waals surface area contributed by atoms with Crippen molar-refractivity contribution < 1.29 is 0 Å². The quantitative estimate of drug-likeness (QED) is 0.712. The largest absolute Gasteiger partial charge is 0.383 e. The maximum atomic E-state index is 6.13. The number of nitrogens with two attached hydrogens (primary N) is 1. The lowest BCUT2D eigenvalue weighted by Gasteiger charge is -2.05. The molecule has 0 unspecified atom stereocenters. The van der Waals surface area contributed by atoms with Gasteiger partial charge < -0.3 is 5.73 Å². The number of anilines is 1. The van der Waals surface area contributed by atoms with Crippen molar-refractivity contribution >= 4 is 23.4 Å². The highest BCUT2D eigenvalue weighted by molar-refractivity contribution is 7.98. The van der Waals surface area contributed by atoms with E-state index >= 15 is 0 Å². The number of fused-ring (bicyclic) bond motifs is 1. The van der Waals surface area contributed by atoms with Crippen LogP contribution in [0, 0.1) is 0 Å². The topological polar surface area (TPSA) is 69.1 Å². The lowest BCUT2D eigenvalue weighted by Crippen LogP contribution is -2.02. The van der Waals surface area contributed by atoms with Crippen molar-refractivity contribution in [1.29, 1.82) is 0 Å². The first kappa shape index (κ1) is 11.0. The minimum atomic E-state index is 0.525. The summed E-state index contributed by atoms with van der Waals surface area (Å²) in [4.78, 5) is 8.53. The number of hydrogen-bond donors (Lipinski definition) is 1. The maximum absolute atomic E-state index is 6.13. The van der Waals surface area contributed by atoms with Crippen molar-refractivity contribution in [1.82, 2.24) is 19.6 Å². The van der Waals surface area contributed by atoms with Gasteiger partial charge in [-0.05, 0) is 11.8 Å². The molecule has 0 radical (unpaired) electrons. The second-order valence-corrected chi connectivity index (χ2v) is 4.51. The van der Waals surface area contributed by atoms with Gasteiger partial charge in [0.15, 0.2) is 0 Å². The van der Waals surface area contributed by atoms with Gasteiger partial charge in [0.2, 0.25) is 5.16 Å². The summed E-state index contributed by atoms with van der Waals surface area (Å²) in [5.74, 6) is 1.08. The van der Waals surface area contributed by atoms with E-state index in [9.17, 15) is 0 Å². The molecule has 2 heterocycles. The SMILES string of the molecule is CSc1nc2ncc(-c3ccccc3)c(N)n2n1. The Morgan fingerprint density at radius 2 is 2.00 bits per heavy atom. The molecule has 0 fully saturated rings. The highest BCUT2D eigenvalue weighted by Gasteiger charge is 2.11. The second-order valence-electron chi connectivity index (χ2n) is 3.73. The molecule has 18 heavy (non-hydrogen) atoms. The Labute approximate surface area is 108 Å². The van der Waals surface area contributed by atoms with E-state index in [0.29, 0.717) is 16.8 Å². The second kappa shape index (κ2) is 4.30. The fourth-order valence-electron chi connectivity index (χ4n) is 1.76. The smallest absolute Gasteiger partial charge is 0.255 e. The van der Waals surface area contributed by atoms with Gasteiger partial charge in [0, 0.05) is 11.8 Å². The van der Waals surface area contributed by atoms with Crippen LogP contribution in [0.15, 0.2) is 41.7 Å². The molecule has 0 aliphatic heterocycles. The summed E-state index contributed by atoms with van der Waals surface area (Å²) < 4.78 is 1.58. The molecule has 90 valence electrons. The van der Waals surface area contributed by atoms with E-state index in [1.54, 1.807) is 10.7 Å². The molecule has 2 N–H and O–H groups in total. The van der Waals surface area contributed by atoms with E-state index in [2.05, 4.69) is 15.1 Å². The van der Waals surface area contributed by atoms with Gasteiger partial charge in [-0.15, -0.1) is 5.10 Å². The van der Waals surface area contributed by atoms with E-state index < -0.39 is 0 Å². The third-order valence-corrected chi connectivity index (χ3v) is 3.19. The fraction of sp³-hybridized carbons (Fsp3) is 0.0833. The number of rotatable bonds is 2. The molecular weight excluding hydrogens is 246 g/mol. The number of nitrogens with zero attached hydrogens (tertiary/aromatic N) is 4. The van der Waals surface area contributed by atoms with E-state index in [-0.39, 0.29) is 0 Å². The van der Waals surface area contributed by atoms with E-state index in [4.69, 9.17) is 5.73 Å². The van der Waals surface area contributed by atoms with Crippen molar-refractivity contribution in [2.45, 2.75) is 5.16 Å². The predicted molar refractivity (Wildman–Crippen MR) is 72.4 cm³/mol. The molecule has 3 aromatic rings. The molecule has 0 amide bonds.